The van der Waals surface area contributed by atoms with E-state index < -0.39 is 16.2 Å². The summed E-state index contributed by atoms with van der Waals surface area (Å²) in [5.41, 5.74) is 2.16. The summed E-state index contributed by atoms with van der Waals surface area (Å²) in [6.07, 6.45) is 2.51. The standard InChI is InChI=1S/C30H33N2O6S/c1-39(35,36)38-26-14-12-22(13-15-26)27(33)20-32-18-16-23(17-19-32)28(21-32)37-30(34)29(24-8-4-2-5-9-24)31-25-10-6-3-7-11-25/h2-15,23,28-29,31H,16-21H2,1H3/q+1/t23?,28-,29?,32?/m0/s1. The maximum Gasteiger partial charge on any atom is 0.333 e. The zero-order valence-electron chi connectivity index (χ0n) is 21.9. The number of benzene rings is 3. The van der Waals surface area contributed by atoms with Crippen LogP contribution in [-0.2, 0) is 19.6 Å². The molecule has 3 aromatic rings. The molecule has 8 nitrogen and oxygen atoms in total. The van der Waals surface area contributed by atoms with E-state index in [1.807, 2.05) is 60.7 Å². The van der Waals surface area contributed by atoms with E-state index in [0.29, 0.717) is 23.1 Å². The Labute approximate surface area is 229 Å². The Morgan fingerprint density at radius 2 is 1.54 bits per heavy atom. The number of Topliss-reactive ketones (excluding diaryl/α,β-unsaturated/α-hetero) is 1. The zero-order chi connectivity index (χ0) is 27.5. The van der Waals surface area contributed by atoms with Gasteiger partial charge in [-0.15, -0.1) is 0 Å². The Kier molecular flexibility index (Phi) is 7.72. The van der Waals surface area contributed by atoms with E-state index in [1.165, 1.54) is 12.1 Å². The van der Waals surface area contributed by atoms with Crippen LogP contribution in [0.25, 0.3) is 0 Å². The first-order valence-corrected chi connectivity index (χ1v) is 15.0. The Morgan fingerprint density at radius 1 is 0.923 bits per heavy atom. The Hall–Kier alpha value is -3.69. The molecule has 3 aliphatic heterocycles. The number of esters is 1. The van der Waals surface area contributed by atoms with Crippen LogP contribution in [0, 0.1) is 5.92 Å². The SMILES string of the molecule is CS(=O)(=O)Oc1ccc(C(=O)C[N+]23CCC(CC2)[C@@H](OC(=O)C(Nc2ccccc2)c2ccccc2)C3)cc1. The first kappa shape index (κ1) is 26.9. The number of quaternary nitrogens is 1. The number of carbonyl (C=O) groups is 2. The number of carbonyl (C=O) groups excluding carboxylic acids is 2. The molecule has 204 valence electrons. The molecule has 3 aromatic carbocycles. The summed E-state index contributed by atoms with van der Waals surface area (Å²) < 4.78 is 34.4. The van der Waals surface area contributed by atoms with E-state index in [9.17, 15) is 18.0 Å². The molecule has 0 spiro atoms. The molecular weight excluding hydrogens is 516 g/mol. The summed E-state index contributed by atoms with van der Waals surface area (Å²) in [6, 6.07) is 24.7. The summed E-state index contributed by atoms with van der Waals surface area (Å²) >= 11 is 0. The van der Waals surface area contributed by atoms with Crippen molar-refractivity contribution in [1.29, 1.82) is 0 Å². The molecule has 0 radical (unpaired) electrons. The second-order valence-corrected chi connectivity index (χ2v) is 12.1. The highest BCUT2D eigenvalue weighted by atomic mass is 32.2. The summed E-state index contributed by atoms with van der Waals surface area (Å²) in [6.45, 7) is 2.63. The molecule has 9 heteroatoms. The van der Waals surface area contributed by atoms with Gasteiger partial charge in [0, 0.05) is 30.0 Å². The van der Waals surface area contributed by atoms with Gasteiger partial charge in [0.2, 0.25) is 5.78 Å². The van der Waals surface area contributed by atoms with Crippen LogP contribution in [0.2, 0.25) is 0 Å². The lowest BCUT2D eigenvalue weighted by molar-refractivity contribution is -0.938. The number of rotatable bonds is 10. The molecule has 3 heterocycles. The van der Waals surface area contributed by atoms with Crippen LogP contribution in [-0.4, -0.2) is 63.2 Å². The second-order valence-electron chi connectivity index (χ2n) is 10.5. The fraction of sp³-hybridized carbons (Fsp3) is 0.333. The number of para-hydroxylation sites is 1. The fourth-order valence-electron chi connectivity index (χ4n) is 5.69. The molecular formula is C30H33N2O6S+. The topological polar surface area (TPSA) is 98.8 Å². The third kappa shape index (κ3) is 6.66. The minimum Gasteiger partial charge on any atom is -0.454 e. The van der Waals surface area contributed by atoms with Crippen LogP contribution in [0.15, 0.2) is 84.9 Å². The molecule has 1 unspecified atom stereocenters. The zero-order valence-corrected chi connectivity index (χ0v) is 22.7. The Bertz CT molecular complexity index is 1400. The van der Waals surface area contributed by atoms with Gasteiger partial charge >= 0.3 is 16.1 Å². The predicted molar refractivity (Wildman–Crippen MR) is 148 cm³/mol. The van der Waals surface area contributed by atoms with E-state index in [1.54, 1.807) is 12.1 Å². The molecule has 0 saturated carbocycles. The summed E-state index contributed by atoms with van der Waals surface area (Å²) in [4.78, 5) is 26.8. The highest BCUT2D eigenvalue weighted by Gasteiger charge is 2.49. The van der Waals surface area contributed by atoms with Gasteiger partial charge in [0.15, 0.2) is 12.1 Å². The lowest BCUT2D eigenvalue weighted by Crippen LogP contribution is -2.65. The van der Waals surface area contributed by atoms with Crippen LogP contribution in [0.3, 0.4) is 0 Å². The molecule has 6 rings (SSSR count). The van der Waals surface area contributed by atoms with Crippen molar-refractivity contribution in [3.63, 3.8) is 0 Å². The van der Waals surface area contributed by atoms with Crippen LogP contribution >= 0.6 is 0 Å². The van der Waals surface area contributed by atoms with Gasteiger partial charge in [-0.1, -0.05) is 48.5 Å². The fourth-order valence-corrected chi connectivity index (χ4v) is 6.15. The van der Waals surface area contributed by atoms with Crippen molar-refractivity contribution < 1.29 is 31.4 Å². The summed E-state index contributed by atoms with van der Waals surface area (Å²) in [5.74, 6) is 0.0996. The number of ketones is 1. The van der Waals surface area contributed by atoms with Crippen molar-refractivity contribution in [2.45, 2.75) is 25.0 Å². The molecule has 3 aliphatic rings. The van der Waals surface area contributed by atoms with Crippen LogP contribution < -0.4 is 9.50 Å². The minimum absolute atomic E-state index is 0.0285. The number of ether oxygens (including phenoxy) is 1. The number of hydrogen-bond donors (Lipinski definition) is 1. The van der Waals surface area contributed by atoms with E-state index >= 15 is 0 Å². The maximum atomic E-state index is 13.6. The molecule has 2 atom stereocenters. The van der Waals surface area contributed by atoms with Crippen molar-refractivity contribution in [3.8, 4) is 5.75 Å². The molecule has 0 amide bonds. The van der Waals surface area contributed by atoms with Crippen molar-refractivity contribution in [2.75, 3.05) is 37.8 Å². The molecule has 1 N–H and O–H groups in total. The van der Waals surface area contributed by atoms with Crippen molar-refractivity contribution in [1.82, 2.24) is 0 Å². The number of anilines is 1. The van der Waals surface area contributed by atoms with E-state index in [-0.39, 0.29) is 29.5 Å². The van der Waals surface area contributed by atoms with Crippen LogP contribution in [0.1, 0.15) is 34.8 Å². The third-order valence-corrected chi connectivity index (χ3v) is 8.16. The van der Waals surface area contributed by atoms with Gasteiger partial charge in [0.25, 0.3) is 0 Å². The van der Waals surface area contributed by atoms with Gasteiger partial charge in [0.05, 0.1) is 19.3 Å². The van der Waals surface area contributed by atoms with Crippen molar-refractivity contribution in [2.24, 2.45) is 5.92 Å². The molecule has 39 heavy (non-hydrogen) atoms. The predicted octanol–water partition coefficient (Wildman–Crippen LogP) is 4.21. The number of fused-ring (bicyclic) bond motifs is 3. The maximum absolute atomic E-state index is 13.6. The number of hydrogen-bond acceptors (Lipinski definition) is 7. The highest BCUT2D eigenvalue weighted by Crippen LogP contribution is 2.37. The normalized spacial score (nSPS) is 23.0. The lowest BCUT2D eigenvalue weighted by Gasteiger charge is -2.51. The van der Waals surface area contributed by atoms with Gasteiger partial charge in [-0.2, -0.15) is 8.42 Å². The van der Waals surface area contributed by atoms with Crippen molar-refractivity contribution in [3.05, 3.63) is 96.1 Å². The number of nitrogens with zero attached hydrogens (tertiary/aromatic N) is 1. The monoisotopic (exact) mass is 549 g/mol. The Morgan fingerprint density at radius 3 is 2.15 bits per heavy atom. The highest BCUT2D eigenvalue weighted by molar-refractivity contribution is 7.86. The van der Waals surface area contributed by atoms with Crippen molar-refractivity contribution >= 4 is 27.6 Å². The van der Waals surface area contributed by atoms with E-state index in [2.05, 4.69) is 5.32 Å². The minimum atomic E-state index is -3.63. The Balaban J connectivity index is 1.27. The summed E-state index contributed by atoms with van der Waals surface area (Å²) in [7, 11) is -3.63. The van der Waals surface area contributed by atoms with Crippen LogP contribution in [0.5, 0.6) is 5.75 Å². The van der Waals surface area contributed by atoms with Gasteiger partial charge in [-0.25, -0.2) is 4.79 Å². The first-order chi connectivity index (χ1) is 18.7. The molecule has 0 aromatic heterocycles. The molecule has 3 saturated heterocycles. The molecule has 0 aliphatic carbocycles. The average molecular weight is 550 g/mol. The number of nitrogens with one attached hydrogen (secondary N) is 1. The van der Waals surface area contributed by atoms with Gasteiger partial charge in [-0.3, -0.25) is 4.79 Å². The third-order valence-electron chi connectivity index (χ3n) is 7.67. The van der Waals surface area contributed by atoms with Gasteiger partial charge < -0.3 is 18.7 Å². The van der Waals surface area contributed by atoms with Gasteiger partial charge in [0.1, 0.15) is 18.8 Å². The molecule has 3 fully saturated rings. The summed E-state index contributed by atoms with van der Waals surface area (Å²) in [5, 5.41) is 3.33. The first-order valence-electron chi connectivity index (χ1n) is 13.1. The van der Waals surface area contributed by atoms with Crippen LogP contribution in [0.4, 0.5) is 5.69 Å². The van der Waals surface area contributed by atoms with E-state index in [0.717, 1.165) is 43.4 Å². The smallest absolute Gasteiger partial charge is 0.333 e. The van der Waals surface area contributed by atoms with E-state index in [4.69, 9.17) is 8.92 Å². The van der Waals surface area contributed by atoms with Gasteiger partial charge in [-0.05, 0) is 42.0 Å². The number of piperidine rings is 3. The molecule has 2 bridgehead atoms. The quantitative estimate of drug-likeness (QED) is 0.175. The lowest BCUT2D eigenvalue weighted by atomic mass is 9.82. The largest absolute Gasteiger partial charge is 0.454 e. The average Bonchev–Trinajstić information content (AvgIpc) is 2.92. The second kappa shape index (κ2) is 11.2.